The molecule has 1 saturated carbocycles. The minimum Gasteiger partial charge on any atom is -0.490 e. The van der Waals surface area contributed by atoms with Crippen molar-refractivity contribution < 1.29 is 4.74 Å². The van der Waals surface area contributed by atoms with Gasteiger partial charge in [0.15, 0.2) is 0 Å². The second-order valence-electron chi connectivity index (χ2n) is 7.33. The number of aromatic nitrogens is 4. The predicted molar refractivity (Wildman–Crippen MR) is 97.0 cm³/mol. The Morgan fingerprint density at radius 1 is 1.24 bits per heavy atom. The first-order valence-corrected chi connectivity index (χ1v) is 8.59. The van der Waals surface area contributed by atoms with Gasteiger partial charge < -0.3 is 9.64 Å². The SMILES string of the molecule is Cc1cc(N(C)[C@@H]2C[C@@H](Oc3ccccc3)C2(C)C)n2ncnc2n1. The summed E-state index contributed by atoms with van der Waals surface area (Å²) in [4.78, 5) is 10.9. The molecule has 1 aliphatic rings. The van der Waals surface area contributed by atoms with E-state index in [9.17, 15) is 0 Å². The van der Waals surface area contributed by atoms with Crippen molar-refractivity contribution in [3.8, 4) is 5.75 Å². The largest absolute Gasteiger partial charge is 0.490 e. The van der Waals surface area contributed by atoms with Crippen LogP contribution in [-0.4, -0.2) is 38.8 Å². The molecular weight excluding hydrogens is 314 g/mol. The van der Waals surface area contributed by atoms with Crippen LogP contribution in [0.1, 0.15) is 26.0 Å². The first-order valence-electron chi connectivity index (χ1n) is 8.59. The maximum absolute atomic E-state index is 6.20. The van der Waals surface area contributed by atoms with Gasteiger partial charge in [-0.2, -0.15) is 14.6 Å². The van der Waals surface area contributed by atoms with Crippen LogP contribution in [0, 0.1) is 12.3 Å². The van der Waals surface area contributed by atoms with Gasteiger partial charge in [-0.25, -0.2) is 4.98 Å². The molecule has 0 saturated heterocycles. The molecule has 25 heavy (non-hydrogen) atoms. The number of ether oxygens (including phenoxy) is 1. The normalized spacial score (nSPS) is 21.8. The third-order valence-corrected chi connectivity index (χ3v) is 5.34. The van der Waals surface area contributed by atoms with Crippen LogP contribution in [0.3, 0.4) is 0 Å². The van der Waals surface area contributed by atoms with E-state index in [0.717, 1.165) is 23.7 Å². The summed E-state index contributed by atoms with van der Waals surface area (Å²) in [6, 6.07) is 12.5. The third-order valence-electron chi connectivity index (χ3n) is 5.34. The van der Waals surface area contributed by atoms with E-state index in [1.165, 1.54) is 0 Å². The Balaban J connectivity index is 1.57. The van der Waals surface area contributed by atoms with Crippen molar-refractivity contribution in [1.82, 2.24) is 19.6 Å². The summed E-state index contributed by atoms with van der Waals surface area (Å²) >= 11 is 0. The molecule has 0 bridgehead atoms. The van der Waals surface area contributed by atoms with Crippen molar-refractivity contribution in [2.75, 3.05) is 11.9 Å². The first kappa shape index (κ1) is 15.9. The Morgan fingerprint density at radius 2 is 2.00 bits per heavy atom. The van der Waals surface area contributed by atoms with Crippen molar-refractivity contribution in [3.05, 3.63) is 48.4 Å². The van der Waals surface area contributed by atoms with Gasteiger partial charge in [-0.05, 0) is 19.1 Å². The van der Waals surface area contributed by atoms with Crippen molar-refractivity contribution in [1.29, 1.82) is 0 Å². The molecular formula is C19H23N5O. The molecule has 6 heteroatoms. The number of rotatable bonds is 4. The second-order valence-corrected chi connectivity index (χ2v) is 7.33. The van der Waals surface area contributed by atoms with Gasteiger partial charge in [-0.1, -0.05) is 32.0 Å². The third kappa shape index (κ3) is 2.62. The van der Waals surface area contributed by atoms with Crippen LogP contribution in [0.4, 0.5) is 5.82 Å². The van der Waals surface area contributed by atoms with Crippen LogP contribution in [0.5, 0.6) is 5.75 Å². The molecule has 6 nitrogen and oxygen atoms in total. The van der Waals surface area contributed by atoms with Crippen LogP contribution in [0.25, 0.3) is 5.78 Å². The lowest BCUT2D eigenvalue weighted by molar-refractivity contribution is -0.0418. The fourth-order valence-electron chi connectivity index (χ4n) is 3.71. The fourth-order valence-corrected chi connectivity index (χ4v) is 3.71. The molecule has 1 aromatic carbocycles. The number of aryl methyl sites for hydroxylation is 1. The van der Waals surface area contributed by atoms with Crippen LogP contribution in [0.15, 0.2) is 42.7 Å². The van der Waals surface area contributed by atoms with Crippen LogP contribution >= 0.6 is 0 Å². The molecule has 0 unspecified atom stereocenters. The molecule has 1 fully saturated rings. The predicted octanol–water partition coefficient (Wildman–Crippen LogP) is 3.12. The highest BCUT2D eigenvalue weighted by Gasteiger charge is 2.52. The van der Waals surface area contributed by atoms with E-state index in [2.05, 4.69) is 46.9 Å². The Bertz CT molecular complexity index is 889. The molecule has 0 radical (unpaired) electrons. The zero-order valence-electron chi connectivity index (χ0n) is 15.0. The monoisotopic (exact) mass is 337 g/mol. The van der Waals surface area contributed by atoms with Gasteiger partial charge in [0.2, 0.25) is 0 Å². The quantitative estimate of drug-likeness (QED) is 0.732. The molecule has 4 rings (SSSR count). The second kappa shape index (κ2) is 5.72. The summed E-state index contributed by atoms with van der Waals surface area (Å²) in [5, 5.41) is 4.33. The summed E-state index contributed by atoms with van der Waals surface area (Å²) in [7, 11) is 2.11. The molecule has 3 aromatic rings. The Kier molecular flexibility index (Phi) is 3.63. The Morgan fingerprint density at radius 3 is 2.72 bits per heavy atom. The summed E-state index contributed by atoms with van der Waals surface area (Å²) in [5.41, 5.74) is 0.964. The van der Waals surface area contributed by atoms with Gasteiger partial charge in [-0.3, -0.25) is 0 Å². The number of para-hydroxylation sites is 1. The molecule has 0 N–H and O–H groups in total. The highest BCUT2D eigenvalue weighted by Crippen LogP contribution is 2.46. The van der Waals surface area contributed by atoms with Gasteiger partial charge in [0.25, 0.3) is 5.78 Å². The standard InChI is InChI=1S/C19H23N5O/c1-13-10-17(24-18(22-13)20-12-21-24)23(4)15-11-16(19(15,2)3)25-14-8-6-5-7-9-14/h5-10,12,15-16H,11H2,1-4H3/t15-,16-/m1/s1. The average molecular weight is 337 g/mol. The van der Waals surface area contributed by atoms with Gasteiger partial charge in [0, 0.05) is 36.7 Å². The summed E-state index contributed by atoms with van der Waals surface area (Å²) in [6.45, 7) is 6.51. The summed E-state index contributed by atoms with van der Waals surface area (Å²) in [6.07, 6.45) is 2.71. The van der Waals surface area contributed by atoms with Gasteiger partial charge in [0.1, 0.15) is 24.0 Å². The molecule has 2 heterocycles. The number of fused-ring (bicyclic) bond motifs is 1. The van der Waals surface area contributed by atoms with E-state index >= 15 is 0 Å². The van der Waals surface area contributed by atoms with Gasteiger partial charge in [-0.15, -0.1) is 0 Å². The van der Waals surface area contributed by atoms with Gasteiger partial charge >= 0.3 is 0 Å². The van der Waals surface area contributed by atoms with E-state index in [1.807, 2.05) is 37.3 Å². The highest BCUT2D eigenvalue weighted by atomic mass is 16.5. The number of benzene rings is 1. The number of hydrogen-bond acceptors (Lipinski definition) is 5. The first-order chi connectivity index (χ1) is 12.0. The topological polar surface area (TPSA) is 55.6 Å². The van der Waals surface area contributed by atoms with Crippen molar-refractivity contribution in [3.63, 3.8) is 0 Å². The zero-order valence-corrected chi connectivity index (χ0v) is 15.0. The van der Waals surface area contributed by atoms with E-state index in [4.69, 9.17) is 4.74 Å². The summed E-state index contributed by atoms with van der Waals surface area (Å²) < 4.78 is 8.00. The maximum Gasteiger partial charge on any atom is 0.254 e. The Hall–Kier alpha value is -2.63. The molecule has 0 aliphatic heterocycles. The van der Waals surface area contributed by atoms with Crippen molar-refractivity contribution in [2.45, 2.75) is 39.3 Å². The zero-order chi connectivity index (χ0) is 17.6. The molecule has 130 valence electrons. The van der Waals surface area contributed by atoms with Crippen LogP contribution < -0.4 is 9.64 Å². The van der Waals surface area contributed by atoms with Crippen molar-refractivity contribution >= 4 is 11.6 Å². The minimum absolute atomic E-state index is 0.0225. The lowest BCUT2D eigenvalue weighted by Gasteiger charge is -2.55. The average Bonchev–Trinajstić information content (AvgIpc) is 3.06. The van der Waals surface area contributed by atoms with E-state index in [1.54, 1.807) is 10.8 Å². The van der Waals surface area contributed by atoms with E-state index < -0.39 is 0 Å². The molecule has 0 spiro atoms. The molecule has 0 amide bonds. The summed E-state index contributed by atoms with van der Waals surface area (Å²) in [5.74, 6) is 2.58. The van der Waals surface area contributed by atoms with E-state index in [0.29, 0.717) is 11.8 Å². The van der Waals surface area contributed by atoms with Crippen LogP contribution in [-0.2, 0) is 0 Å². The molecule has 1 aliphatic carbocycles. The number of anilines is 1. The number of hydrogen-bond donors (Lipinski definition) is 0. The number of nitrogens with zero attached hydrogens (tertiary/aromatic N) is 5. The molecule has 2 aromatic heterocycles. The highest BCUT2D eigenvalue weighted by molar-refractivity contribution is 5.48. The Labute approximate surface area is 147 Å². The van der Waals surface area contributed by atoms with Crippen LogP contribution in [0.2, 0.25) is 0 Å². The van der Waals surface area contributed by atoms with Crippen molar-refractivity contribution in [2.24, 2.45) is 5.41 Å². The molecule has 2 atom stereocenters. The lowest BCUT2D eigenvalue weighted by atomic mass is 9.64. The maximum atomic E-state index is 6.20. The van der Waals surface area contributed by atoms with E-state index in [-0.39, 0.29) is 11.5 Å². The smallest absolute Gasteiger partial charge is 0.254 e. The van der Waals surface area contributed by atoms with Gasteiger partial charge in [0.05, 0.1) is 0 Å². The minimum atomic E-state index is 0.0225. The lowest BCUT2D eigenvalue weighted by Crippen LogP contribution is -2.62. The fraction of sp³-hybridized carbons (Fsp3) is 0.421.